The fraction of sp³-hybridized carbons (Fsp3) is 0.261. The molecule has 0 radical (unpaired) electrons. The molecule has 4 heteroatoms. The van der Waals surface area contributed by atoms with E-state index in [0.29, 0.717) is 6.04 Å². The van der Waals surface area contributed by atoms with Crippen molar-refractivity contribution in [3.05, 3.63) is 82.0 Å². The van der Waals surface area contributed by atoms with Crippen LogP contribution in [0.1, 0.15) is 29.0 Å². The van der Waals surface area contributed by atoms with Crippen molar-refractivity contribution >= 4 is 17.0 Å². The Morgan fingerprint density at radius 2 is 1.48 bits per heavy atom. The molecule has 1 fully saturated rings. The lowest BCUT2D eigenvalue weighted by molar-refractivity contribution is 0.114. The molecular formula is C23H23N3S. The third kappa shape index (κ3) is 2.99. The molecule has 2 aromatic carbocycles. The van der Waals surface area contributed by atoms with Crippen LogP contribution in [-0.4, -0.2) is 41.8 Å². The van der Waals surface area contributed by atoms with Crippen molar-refractivity contribution in [2.45, 2.75) is 13.0 Å². The Morgan fingerprint density at radius 1 is 0.852 bits per heavy atom. The maximum Gasteiger partial charge on any atom is 0.0746 e. The summed E-state index contributed by atoms with van der Waals surface area (Å²) < 4.78 is 0. The normalized spacial score (nSPS) is 17.8. The van der Waals surface area contributed by atoms with Gasteiger partial charge in [0, 0.05) is 31.1 Å². The summed E-state index contributed by atoms with van der Waals surface area (Å²) in [7, 11) is 0. The van der Waals surface area contributed by atoms with Crippen LogP contribution in [0.2, 0.25) is 0 Å². The van der Waals surface area contributed by atoms with Crippen LogP contribution in [-0.2, 0) is 0 Å². The van der Waals surface area contributed by atoms with E-state index in [1.165, 1.54) is 27.1 Å². The molecule has 3 aromatic rings. The van der Waals surface area contributed by atoms with Gasteiger partial charge in [-0.1, -0.05) is 54.6 Å². The molecule has 0 N–H and O–H groups in total. The molecule has 1 aromatic heterocycles. The number of fused-ring (bicyclic) bond motifs is 3. The lowest BCUT2D eigenvalue weighted by Crippen LogP contribution is -2.45. The zero-order valence-electron chi connectivity index (χ0n) is 15.5. The second-order valence-corrected chi connectivity index (χ2v) is 8.18. The number of hydrogen-bond donors (Lipinski definition) is 0. The Morgan fingerprint density at radius 3 is 2.07 bits per heavy atom. The van der Waals surface area contributed by atoms with Crippen LogP contribution in [0.5, 0.6) is 0 Å². The van der Waals surface area contributed by atoms with Gasteiger partial charge in [0.05, 0.1) is 11.8 Å². The summed E-state index contributed by atoms with van der Waals surface area (Å²) in [6, 6.07) is 22.4. The molecule has 3 nitrogen and oxygen atoms in total. The second kappa shape index (κ2) is 6.95. The maximum atomic E-state index is 4.86. The molecular weight excluding hydrogens is 350 g/mol. The van der Waals surface area contributed by atoms with Gasteiger partial charge in [-0.15, -0.1) is 11.3 Å². The number of thiophene rings is 1. The van der Waals surface area contributed by atoms with Crippen molar-refractivity contribution in [2.24, 2.45) is 5.10 Å². The Balaban J connectivity index is 1.36. The number of nitrogens with zero attached hydrogens (tertiary/aromatic N) is 3. The van der Waals surface area contributed by atoms with Crippen molar-refractivity contribution in [3.63, 3.8) is 0 Å². The van der Waals surface area contributed by atoms with E-state index in [4.69, 9.17) is 5.10 Å². The Labute approximate surface area is 164 Å². The molecule has 0 saturated carbocycles. The maximum absolute atomic E-state index is 4.86. The zero-order valence-corrected chi connectivity index (χ0v) is 16.3. The molecule has 1 aliphatic carbocycles. The van der Waals surface area contributed by atoms with Crippen molar-refractivity contribution in [1.29, 1.82) is 0 Å². The Hall–Kier alpha value is -2.43. The van der Waals surface area contributed by atoms with Gasteiger partial charge in [0.2, 0.25) is 0 Å². The van der Waals surface area contributed by atoms with Crippen molar-refractivity contribution < 1.29 is 0 Å². The predicted octanol–water partition coefficient (Wildman–Crippen LogP) is 4.86. The van der Waals surface area contributed by atoms with Crippen LogP contribution >= 0.6 is 11.3 Å². The summed E-state index contributed by atoms with van der Waals surface area (Å²) in [4.78, 5) is 3.88. The van der Waals surface area contributed by atoms with Gasteiger partial charge in [0.15, 0.2) is 0 Å². The summed E-state index contributed by atoms with van der Waals surface area (Å²) in [5.74, 6) is 0. The van der Waals surface area contributed by atoms with Crippen molar-refractivity contribution in [1.82, 2.24) is 9.91 Å². The van der Waals surface area contributed by atoms with Gasteiger partial charge in [-0.05, 0) is 40.6 Å². The van der Waals surface area contributed by atoms with E-state index >= 15 is 0 Å². The lowest BCUT2D eigenvalue weighted by atomic mass is 10.0. The van der Waals surface area contributed by atoms with Crippen LogP contribution in [0, 0.1) is 0 Å². The molecule has 0 amide bonds. The van der Waals surface area contributed by atoms with Gasteiger partial charge < -0.3 is 0 Å². The molecule has 0 bridgehead atoms. The number of piperazine rings is 1. The number of hydrogen-bond acceptors (Lipinski definition) is 4. The Bertz CT molecular complexity index is 923. The van der Waals surface area contributed by atoms with Crippen LogP contribution in [0.4, 0.5) is 0 Å². The number of hydrazone groups is 1. The molecule has 136 valence electrons. The molecule has 0 atom stereocenters. The molecule has 2 aliphatic rings. The van der Waals surface area contributed by atoms with Gasteiger partial charge >= 0.3 is 0 Å². The smallest absolute Gasteiger partial charge is 0.0746 e. The highest BCUT2D eigenvalue weighted by atomic mass is 32.1. The third-order valence-electron chi connectivity index (χ3n) is 5.63. The molecule has 27 heavy (non-hydrogen) atoms. The molecule has 0 spiro atoms. The molecule has 1 saturated heterocycles. The van der Waals surface area contributed by atoms with Gasteiger partial charge in [-0.2, -0.15) is 5.10 Å². The van der Waals surface area contributed by atoms with Crippen molar-refractivity contribution in [2.75, 3.05) is 26.2 Å². The van der Waals surface area contributed by atoms with Crippen molar-refractivity contribution in [3.8, 4) is 11.1 Å². The van der Waals surface area contributed by atoms with Gasteiger partial charge in [-0.3, -0.25) is 9.91 Å². The van der Waals surface area contributed by atoms with E-state index < -0.39 is 0 Å². The van der Waals surface area contributed by atoms with E-state index in [-0.39, 0.29) is 0 Å². The molecule has 1 aliphatic heterocycles. The Kier molecular flexibility index (Phi) is 4.30. The van der Waals surface area contributed by atoms with E-state index in [2.05, 4.69) is 82.9 Å². The first-order valence-electron chi connectivity index (χ1n) is 9.57. The molecule has 2 heterocycles. The first-order chi connectivity index (χ1) is 13.3. The lowest BCUT2D eigenvalue weighted by Gasteiger charge is -2.37. The van der Waals surface area contributed by atoms with E-state index in [1.807, 2.05) is 0 Å². The summed E-state index contributed by atoms with van der Waals surface area (Å²) in [6.07, 6.45) is 0. The summed E-state index contributed by atoms with van der Waals surface area (Å²) in [5.41, 5.74) is 6.81. The standard InChI is InChI=1S/C23H23N3S/c1-17(22-11-6-16-27-22)24-26-14-12-25(13-15-26)23-20-9-4-2-7-18(20)19-8-3-5-10-21(19)23/h2-11,16,23H,12-15H2,1H3/b24-17-. The second-order valence-electron chi connectivity index (χ2n) is 7.23. The summed E-state index contributed by atoms with van der Waals surface area (Å²) >= 11 is 1.76. The third-order valence-corrected chi connectivity index (χ3v) is 6.60. The van der Waals surface area contributed by atoms with Gasteiger partial charge in [-0.25, -0.2) is 0 Å². The van der Waals surface area contributed by atoms with Gasteiger partial charge in [0.25, 0.3) is 0 Å². The van der Waals surface area contributed by atoms with E-state index in [1.54, 1.807) is 11.3 Å². The molecule has 5 rings (SSSR count). The highest BCUT2D eigenvalue weighted by Gasteiger charge is 2.33. The van der Waals surface area contributed by atoms with Crippen LogP contribution in [0.25, 0.3) is 11.1 Å². The fourth-order valence-electron chi connectivity index (χ4n) is 4.34. The minimum atomic E-state index is 0.377. The minimum Gasteiger partial charge on any atom is -0.294 e. The highest BCUT2D eigenvalue weighted by molar-refractivity contribution is 7.12. The monoisotopic (exact) mass is 373 g/mol. The van der Waals surface area contributed by atoms with Crippen LogP contribution < -0.4 is 0 Å². The largest absolute Gasteiger partial charge is 0.294 e. The predicted molar refractivity (Wildman–Crippen MR) is 113 cm³/mol. The highest BCUT2D eigenvalue weighted by Crippen LogP contribution is 2.46. The number of rotatable bonds is 3. The summed E-state index contributed by atoms with van der Waals surface area (Å²) in [5, 5.41) is 9.21. The average molecular weight is 374 g/mol. The topological polar surface area (TPSA) is 18.8 Å². The van der Waals surface area contributed by atoms with Crippen LogP contribution in [0.3, 0.4) is 0 Å². The van der Waals surface area contributed by atoms with E-state index in [9.17, 15) is 0 Å². The zero-order chi connectivity index (χ0) is 18.2. The first kappa shape index (κ1) is 16.7. The number of benzene rings is 2. The summed E-state index contributed by atoms with van der Waals surface area (Å²) in [6.45, 7) is 6.14. The van der Waals surface area contributed by atoms with Crippen LogP contribution in [0.15, 0.2) is 71.1 Å². The van der Waals surface area contributed by atoms with Gasteiger partial charge in [0.1, 0.15) is 0 Å². The average Bonchev–Trinajstić information content (AvgIpc) is 3.35. The molecule has 0 unspecified atom stereocenters. The SMILES string of the molecule is C/C(=N/N1CCN(C2c3ccccc3-c3ccccc32)CC1)c1cccs1. The minimum absolute atomic E-state index is 0.377. The first-order valence-corrected chi connectivity index (χ1v) is 10.5. The van der Waals surface area contributed by atoms with E-state index in [0.717, 1.165) is 31.9 Å². The quantitative estimate of drug-likeness (QED) is 0.611. The fourth-order valence-corrected chi connectivity index (χ4v) is 5.01.